The number of ether oxygens (including phenoxy) is 1. The van der Waals surface area contributed by atoms with Crippen LogP contribution in [0.25, 0.3) is 0 Å². The van der Waals surface area contributed by atoms with Gasteiger partial charge in [-0.15, -0.1) is 11.3 Å². The number of carbonyl (C=O) groups excluding carboxylic acids is 1. The second-order valence-electron chi connectivity index (χ2n) is 6.12. The predicted molar refractivity (Wildman–Crippen MR) is 92.1 cm³/mol. The van der Waals surface area contributed by atoms with Gasteiger partial charge in [-0.05, 0) is 39.5 Å². The Hall–Kier alpha value is -1.47. The van der Waals surface area contributed by atoms with E-state index in [0.717, 1.165) is 36.5 Å². The molecule has 2 atom stereocenters. The molecule has 24 heavy (non-hydrogen) atoms. The summed E-state index contributed by atoms with van der Waals surface area (Å²) < 4.78 is 5.53. The highest BCUT2D eigenvalue weighted by Crippen LogP contribution is 2.24. The number of hydrogen-bond acceptors (Lipinski definition) is 5. The number of carboxylic acids is 1. The molecule has 2 rings (SSSR count). The number of carbonyl (C=O) groups is 2. The molecule has 1 aliphatic heterocycles. The summed E-state index contributed by atoms with van der Waals surface area (Å²) in [6.07, 6.45) is 3.80. The molecular weight excluding hydrogens is 328 g/mol. The van der Waals surface area contributed by atoms with E-state index >= 15 is 0 Å². The van der Waals surface area contributed by atoms with Crippen molar-refractivity contribution in [2.45, 2.75) is 64.5 Å². The molecule has 0 aromatic carbocycles. The van der Waals surface area contributed by atoms with E-state index in [4.69, 9.17) is 9.84 Å². The van der Waals surface area contributed by atoms with Gasteiger partial charge in [-0.3, -0.25) is 9.59 Å². The fourth-order valence-corrected chi connectivity index (χ4v) is 3.91. The highest BCUT2D eigenvalue weighted by Gasteiger charge is 2.27. The summed E-state index contributed by atoms with van der Waals surface area (Å²) in [6.45, 7) is 5.26. The van der Waals surface area contributed by atoms with Gasteiger partial charge in [0.05, 0.1) is 12.1 Å². The fourth-order valence-electron chi connectivity index (χ4n) is 3.09. The van der Waals surface area contributed by atoms with Crippen molar-refractivity contribution in [1.29, 1.82) is 0 Å². The average molecular weight is 354 g/mol. The highest BCUT2D eigenvalue weighted by molar-refractivity contribution is 7.09. The van der Waals surface area contributed by atoms with Crippen LogP contribution in [0.3, 0.4) is 0 Å². The van der Waals surface area contributed by atoms with E-state index < -0.39 is 5.97 Å². The summed E-state index contributed by atoms with van der Waals surface area (Å²) in [5.74, 6) is -0.756. The third-order valence-electron chi connectivity index (χ3n) is 4.31. The zero-order valence-corrected chi connectivity index (χ0v) is 15.2. The number of hydrogen-bond donors (Lipinski definition) is 1. The van der Waals surface area contributed by atoms with Crippen LogP contribution in [0.5, 0.6) is 0 Å². The Morgan fingerprint density at radius 1 is 1.50 bits per heavy atom. The lowest BCUT2D eigenvalue weighted by atomic mass is 9.97. The van der Waals surface area contributed by atoms with E-state index in [1.165, 1.54) is 11.3 Å². The maximum atomic E-state index is 12.6. The van der Waals surface area contributed by atoms with Crippen LogP contribution in [0.15, 0.2) is 5.38 Å². The molecule has 1 fully saturated rings. The van der Waals surface area contributed by atoms with Crippen LogP contribution >= 0.6 is 11.3 Å². The molecule has 1 N–H and O–H groups in total. The number of amides is 1. The maximum Gasteiger partial charge on any atom is 0.303 e. The number of rotatable bonds is 8. The van der Waals surface area contributed by atoms with Gasteiger partial charge in [0.15, 0.2) is 0 Å². The number of likely N-dealkylation sites (tertiary alicyclic amines) is 1. The molecule has 0 aliphatic carbocycles. The minimum atomic E-state index is -0.804. The molecule has 0 bridgehead atoms. The Morgan fingerprint density at radius 3 is 3.00 bits per heavy atom. The smallest absolute Gasteiger partial charge is 0.303 e. The minimum absolute atomic E-state index is 0.0443. The van der Waals surface area contributed by atoms with Crippen LogP contribution < -0.4 is 0 Å². The third-order valence-corrected chi connectivity index (χ3v) is 5.36. The molecule has 6 nitrogen and oxygen atoms in total. The van der Waals surface area contributed by atoms with E-state index in [0.29, 0.717) is 13.0 Å². The van der Waals surface area contributed by atoms with Crippen LogP contribution in [-0.4, -0.2) is 46.1 Å². The van der Waals surface area contributed by atoms with Gasteiger partial charge in [-0.1, -0.05) is 0 Å². The molecule has 0 radical (unpaired) electrons. The van der Waals surface area contributed by atoms with Crippen molar-refractivity contribution in [3.63, 3.8) is 0 Å². The fraction of sp³-hybridized carbons (Fsp3) is 0.706. The van der Waals surface area contributed by atoms with Gasteiger partial charge in [-0.2, -0.15) is 0 Å². The third kappa shape index (κ3) is 5.27. The van der Waals surface area contributed by atoms with Crippen molar-refractivity contribution in [1.82, 2.24) is 9.88 Å². The lowest BCUT2D eigenvalue weighted by Crippen LogP contribution is -2.44. The summed E-state index contributed by atoms with van der Waals surface area (Å²) in [4.78, 5) is 29.8. The van der Waals surface area contributed by atoms with Gasteiger partial charge in [0.1, 0.15) is 11.1 Å². The Kier molecular flexibility index (Phi) is 7.17. The summed E-state index contributed by atoms with van der Waals surface area (Å²) in [7, 11) is 0. The van der Waals surface area contributed by atoms with Crippen molar-refractivity contribution >= 4 is 23.2 Å². The Labute approximate surface area is 146 Å². The zero-order chi connectivity index (χ0) is 17.5. The minimum Gasteiger partial charge on any atom is -0.481 e. The molecule has 0 saturated carbocycles. The Morgan fingerprint density at radius 2 is 2.29 bits per heavy atom. The van der Waals surface area contributed by atoms with Crippen LogP contribution in [-0.2, 0) is 20.7 Å². The van der Waals surface area contributed by atoms with Crippen molar-refractivity contribution in [3.8, 4) is 0 Å². The van der Waals surface area contributed by atoms with Crippen molar-refractivity contribution < 1.29 is 19.4 Å². The second kappa shape index (κ2) is 9.13. The largest absolute Gasteiger partial charge is 0.481 e. The van der Waals surface area contributed by atoms with Gasteiger partial charge in [0, 0.05) is 31.0 Å². The van der Waals surface area contributed by atoms with Crippen LogP contribution in [0, 0.1) is 0 Å². The molecule has 1 aliphatic rings. The number of thiazole rings is 1. The monoisotopic (exact) mass is 354 g/mol. The summed E-state index contributed by atoms with van der Waals surface area (Å²) in [5.41, 5.74) is 0.772. The Bertz CT molecular complexity index is 561. The molecule has 1 saturated heterocycles. The molecule has 1 aromatic rings. The molecule has 7 heteroatoms. The SMILES string of the molecule is CCO[C@H](C)c1nc(CC(=O)N2CCCC[C@H]2CCC(=O)O)cs1. The number of nitrogens with zero attached hydrogens (tertiary/aromatic N) is 2. The standard InChI is InChI=1S/C17H26N2O4S/c1-3-23-12(2)17-18-13(11-24-17)10-15(20)19-9-5-4-6-14(19)7-8-16(21)22/h11-12,14H,3-10H2,1-2H3,(H,21,22)/t12-,14+/m1/s1. The van der Waals surface area contributed by atoms with Crippen LogP contribution in [0.2, 0.25) is 0 Å². The molecule has 1 amide bonds. The van der Waals surface area contributed by atoms with Crippen molar-refractivity contribution in [2.75, 3.05) is 13.2 Å². The van der Waals surface area contributed by atoms with Gasteiger partial charge in [0.2, 0.25) is 5.91 Å². The quantitative estimate of drug-likeness (QED) is 0.776. The summed E-state index contributed by atoms with van der Waals surface area (Å²) >= 11 is 1.52. The molecule has 2 heterocycles. The predicted octanol–water partition coefficient (Wildman–Crippen LogP) is 3.03. The lowest BCUT2D eigenvalue weighted by Gasteiger charge is -2.35. The Balaban J connectivity index is 1.95. The summed E-state index contributed by atoms with van der Waals surface area (Å²) in [6, 6.07) is 0.0443. The number of carboxylic acid groups (broad SMARTS) is 1. The number of aliphatic carboxylic acids is 1. The van der Waals surface area contributed by atoms with Crippen molar-refractivity contribution in [3.05, 3.63) is 16.1 Å². The zero-order valence-electron chi connectivity index (χ0n) is 14.4. The van der Waals surface area contributed by atoms with E-state index in [1.54, 1.807) is 0 Å². The molecule has 134 valence electrons. The van der Waals surface area contributed by atoms with Gasteiger partial charge in [-0.25, -0.2) is 4.98 Å². The topological polar surface area (TPSA) is 79.7 Å². The van der Waals surface area contributed by atoms with Crippen molar-refractivity contribution in [2.24, 2.45) is 0 Å². The first-order chi connectivity index (χ1) is 11.5. The van der Waals surface area contributed by atoms with Gasteiger partial charge >= 0.3 is 5.97 Å². The lowest BCUT2D eigenvalue weighted by molar-refractivity contribution is -0.139. The van der Waals surface area contributed by atoms with E-state index in [9.17, 15) is 9.59 Å². The van der Waals surface area contributed by atoms with Gasteiger partial charge in [0.25, 0.3) is 0 Å². The van der Waals surface area contributed by atoms with Crippen LogP contribution in [0.1, 0.15) is 62.8 Å². The molecule has 0 spiro atoms. The second-order valence-corrected chi connectivity index (χ2v) is 7.01. The maximum absolute atomic E-state index is 12.6. The normalized spacial score (nSPS) is 19.2. The number of piperidine rings is 1. The molecule has 0 unspecified atom stereocenters. The molecular formula is C17H26N2O4S. The molecule has 1 aromatic heterocycles. The first-order valence-corrected chi connectivity index (χ1v) is 9.46. The van der Waals surface area contributed by atoms with E-state index in [-0.39, 0.29) is 30.9 Å². The van der Waals surface area contributed by atoms with Gasteiger partial charge < -0.3 is 14.7 Å². The number of aromatic nitrogens is 1. The highest BCUT2D eigenvalue weighted by atomic mass is 32.1. The van der Waals surface area contributed by atoms with Crippen LogP contribution in [0.4, 0.5) is 0 Å². The summed E-state index contributed by atoms with van der Waals surface area (Å²) in [5, 5.41) is 11.7. The van der Waals surface area contributed by atoms with E-state index in [1.807, 2.05) is 24.1 Å². The first kappa shape index (κ1) is 18.9. The van der Waals surface area contributed by atoms with E-state index in [2.05, 4.69) is 4.98 Å². The first-order valence-electron chi connectivity index (χ1n) is 8.58. The average Bonchev–Trinajstić information content (AvgIpc) is 3.02.